The Morgan fingerprint density at radius 3 is 0.836 bits per heavy atom. The molecule has 0 aliphatic carbocycles. The van der Waals surface area contributed by atoms with Crippen molar-refractivity contribution in [1.82, 2.24) is 44.9 Å². The van der Waals surface area contributed by atoms with Crippen molar-refractivity contribution in [2.75, 3.05) is 0 Å². The van der Waals surface area contributed by atoms with Crippen LogP contribution in [-0.2, 0) is 0 Å². The predicted octanol–water partition coefficient (Wildman–Crippen LogP) is 25.5. The number of nitrogens with zero attached hydrogens (tertiary/aromatic N) is 9. The van der Waals surface area contributed by atoms with Crippen molar-refractivity contribution in [3.63, 3.8) is 0 Å². The second kappa shape index (κ2) is 26.6. The molecule has 0 spiro atoms. The number of pyridine rings is 7. The molecule has 8 aromatic heterocycles. The van der Waals surface area contributed by atoms with Crippen LogP contribution in [0.2, 0.25) is 0 Å². The van der Waals surface area contributed by atoms with Gasteiger partial charge in [-0.15, -0.1) is 0 Å². The number of aromatic nitrogens is 9. The molecule has 0 atom stereocenters. The van der Waals surface area contributed by atoms with E-state index in [-0.39, 0.29) is 0 Å². The highest BCUT2D eigenvalue weighted by atomic mass is 14.9. The van der Waals surface area contributed by atoms with Crippen molar-refractivity contribution in [3.05, 3.63) is 371 Å². The fourth-order valence-electron chi connectivity index (χ4n) is 16.4. The molecule has 21 rings (SSSR count). The fourth-order valence-corrected chi connectivity index (χ4v) is 16.4. The first-order chi connectivity index (χ1) is 54.5. The third-order valence-corrected chi connectivity index (χ3v) is 21.6. The number of fused-ring (bicyclic) bond motifs is 12. The summed E-state index contributed by atoms with van der Waals surface area (Å²) in [5.74, 6) is 0.653. The Balaban J connectivity index is 0.805. The summed E-state index contributed by atoms with van der Waals surface area (Å²) in [6, 6.07) is 114. The Labute approximate surface area is 633 Å². The molecule has 0 fully saturated rings. The molecule has 21 aromatic rings. The van der Waals surface area contributed by atoms with Crippen LogP contribution in [0.4, 0.5) is 0 Å². The van der Waals surface area contributed by atoms with Gasteiger partial charge in [0.1, 0.15) is 0 Å². The zero-order chi connectivity index (χ0) is 72.6. The van der Waals surface area contributed by atoms with Crippen LogP contribution in [0, 0.1) is 0 Å². The smallest absolute Gasteiger partial charge is 0.159 e. The summed E-state index contributed by atoms with van der Waals surface area (Å²) in [6.07, 6.45) is 16.8. The van der Waals surface area contributed by atoms with Gasteiger partial charge in [0.15, 0.2) is 5.82 Å². The number of benzene rings is 13. The van der Waals surface area contributed by atoms with Crippen LogP contribution in [0.5, 0.6) is 0 Å². The topological polar surface area (TPSA) is 116 Å². The van der Waals surface area contributed by atoms with Crippen LogP contribution in [0.3, 0.4) is 0 Å². The first kappa shape index (κ1) is 63.5. The molecule has 9 nitrogen and oxygen atoms in total. The lowest BCUT2D eigenvalue weighted by Crippen LogP contribution is -1.95. The second-order valence-corrected chi connectivity index (χ2v) is 28.0. The highest BCUT2D eigenvalue weighted by Crippen LogP contribution is 2.49. The maximum absolute atomic E-state index is 5.03. The quantitative estimate of drug-likeness (QED) is 0.110. The molecule has 0 radical (unpaired) electrons. The standard InChI is InChI=1S/C101H61N9/c1-5-23-83(79(19-1)65-35-39-89-66(49-65)34-31-63-15-10-43-102-97(63)89)73-50-74(84-24-6-2-20-80(84)67-36-40-90-93(56-67)108-59-70-16-11-44-103-98(70)90)53-77(52-73)87-27-9-28-88(96(87)62-29-32-64(33-30-62)101-106-47-14-48-107-101)78-54-75(85-25-7-3-21-81(85)68-37-41-91-94(57-68)109-60-71-17-12-45-104-99(71)91)51-76(55-78)86-26-8-4-22-82(86)69-38-42-92-95(58-69)110-61-72-18-13-46-105-100(72)92/h1-61H. The molecule has 8 heterocycles. The fraction of sp³-hybridized carbons (Fsp3) is 0. The van der Waals surface area contributed by atoms with Crippen LogP contribution in [0.1, 0.15) is 0 Å². The molecule has 0 aliphatic rings. The van der Waals surface area contributed by atoms with Gasteiger partial charge in [-0.1, -0.05) is 188 Å². The summed E-state index contributed by atoms with van der Waals surface area (Å²) < 4.78 is 0. The molecule has 0 amide bonds. The van der Waals surface area contributed by atoms with Gasteiger partial charge in [-0.25, -0.2) is 9.97 Å². The van der Waals surface area contributed by atoms with E-state index < -0.39 is 0 Å². The molecule has 0 bridgehead atoms. The Hall–Kier alpha value is -14.9. The van der Waals surface area contributed by atoms with E-state index in [1.807, 2.05) is 73.7 Å². The maximum Gasteiger partial charge on any atom is 0.159 e. The molecule has 9 heteroatoms. The van der Waals surface area contributed by atoms with E-state index in [0.29, 0.717) is 5.82 Å². The normalized spacial score (nSPS) is 11.6. The van der Waals surface area contributed by atoms with Crippen molar-refractivity contribution in [2.45, 2.75) is 0 Å². The Morgan fingerprint density at radius 1 is 0.155 bits per heavy atom. The highest BCUT2D eigenvalue weighted by Gasteiger charge is 2.23. The first-order valence-electron chi connectivity index (χ1n) is 36.9. The molecular weight excluding hydrogens is 1340 g/mol. The van der Waals surface area contributed by atoms with Crippen molar-refractivity contribution < 1.29 is 0 Å². The van der Waals surface area contributed by atoms with Crippen LogP contribution in [0.15, 0.2) is 371 Å². The molecule has 510 valence electrons. The van der Waals surface area contributed by atoms with E-state index >= 15 is 0 Å². The largest absolute Gasteiger partial charge is 0.256 e. The van der Waals surface area contributed by atoms with Crippen molar-refractivity contribution >= 4 is 87.1 Å². The van der Waals surface area contributed by atoms with Crippen LogP contribution >= 0.6 is 0 Å². The minimum atomic E-state index is 0.653. The molecule has 13 aromatic carbocycles. The number of rotatable bonds is 12. The summed E-state index contributed by atoms with van der Waals surface area (Å²) >= 11 is 0. The molecule has 0 aliphatic heterocycles. The summed E-state index contributed by atoms with van der Waals surface area (Å²) in [5.41, 5.74) is 30.7. The van der Waals surface area contributed by atoms with Gasteiger partial charge >= 0.3 is 0 Å². The molecule has 0 unspecified atom stereocenters. The Kier molecular flexibility index (Phi) is 15.4. The van der Waals surface area contributed by atoms with E-state index in [1.54, 1.807) is 12.4 Å². The third kappa shape index (κ3) is 11.2. The minimum Gasteiger partial charge on any atom is -0.256 e. The van der Waals surface area contributed by atoms with E-state index in [0.717, 1.165) is 215 Å². The van der Waals surface area contributed by atoms with Gasteiger partial charge in [-0.3, -0.25) is 34.9 Å². The van der Waals surface area contributed by atoms with Gasteiger partial charge in [-0.05, 0) is 255 Å². The average Bonchev–Trinajstić information content (AvgIpc) is 0.750. The van der Waals surface area contributed by atoms with Crippen LogP contribution in [0.25, 0.3) is 221 Å². The monoisotopic (exact) mass is 1400 g/mol. The van der Waals surface area contributed by atoms with Gasteiger partial charge in [0.2, 0.25) is 0 Å². The second-order valence-electron chi connectivity index (χ2n) is 28.0. The Bertz CT molecular complexity index is 6550. The minimum absolute atomic E-state index is 0.653. The first-order valence-corrected chi connectivity index (χ1v) is 36.9. The predicted molar refractivity (Wildman–Crippen MR) is 452 cm³/mol. The van der Waals surface area contributed by atoms with Crippen molar-refractivity contribution in [3.8, 4) is 134 Å². The van der Waals surface area contributed by atoms with E-state index in [1.165, 1.54) is 0 Å². The van der Waals surface area contributed by atoms with Gasteiger partial charge in [0.25, 0.3) is 0 Å². The Morgan fingerprint density at radius 2 is 0.445 bits per heavy atom. The maximum atomic E-state index is 5.03. The van der Waals surface area contributed by atoms with Crippen molar-refractivity contribution in [2.24, 2.45) is 0 Å². The molecule has 110 heavy (non-hydrogen) atoms. The van der Waals surface area contributed by atoms with E-state index in [9.17, 15) is 0 Å². The van der Waals surface area contributed by atoms with Gasteiger partial charge in [0, 0.05) is 104 Å². The molecule has 0 saturated heterocycles. The third-order valence-electron chi connectivity index (χ3n) is 21.6. The van der Waals surface area contributed by atoms with Crippen molar-refractivity contribution in [1.29, 1.82) is 0 Å². The van der Waals surface area contributed by atoms with Crippen LogP contribution < -0.4 is 0 Å². The highest BCUT2D eigenvalue weighted by molar-refractivity contribution is 6.10. The molecular formula is C101H61N9. The SMILES string of the molecule is c1cnc(-c2ccc(-c3c(-c4cc(-c5ccccc5-c5ccc6c(ccc7cccnc76)c5)cc(-c5ccccc5-c5ccc6c(c5)ncc5cccnc56)c4)cccc3-c3cc(-c4ccccc4-c4ccc5c(c4)ncc4cccnc45)cc(-c4ccccc4-c4ccc5c(c4)ncc4cccnc45)c3)cc2)nc1. The van der Waals surface area contributed by atoms with E-state index in [2.05, 4.69) is 285 Å². The summed E-state index contributed by atoms with van der Waals surface area (Å²) in [6.45, 7) is 0. The zero-order valence-corrected chi connectivity index (χ0v) is 59.2. The average molecular weight is 1400 g/mol. The van der Waals surface area contributed by atoms with Gasteiger partial charge in [-0.2, -0.15) is 0 Å². The summed E-state index contributed by atoms with van der Waals surface area (Å²) in [5, 5.41) is 9.39. The molecule has 0 N–H and O–H groups in total. The summed E-state index contributed by atoms with van der Waals surface area (Å²) in [7, 11) is 0. The van der Waals surface area contributed by atoms with Gasteiger partial charge < -0.3 is 0 Å². The lowest BCUT2D eigenvalue weighted by molar-refractivity contribution is 1.18. The number of hydrogen-bond donors (Lipinski definition) is 0. The molecule has 0 saturated carbocycles. The lowest BCUT2D eigenvalue weighted by Gasteiger charge is -2.21. The lowest BCUT2D eigenvalue weighted by atomic mass is 9.82. The zero-order valence-electron chi connectivity index (χ0n) is 59.2. The van der Waals surface area contributed by atoms with Gasteiger partial charge in [0.05, 0.1) is 38.6 Å². The van der Waals surface area contributed by atoms with E-state index in [4.69, 9.17) is 44.9 Å². The van der Waals surface area contributed by atoms with Crippen LogP contribution in [-0.4, -0.2) is 44.9 Å². The number of hydrogen-bond acceptors (Lipinski definition) is 9. The summed E-state index contributed by atoms with van der Waals surface area (Å²) in [4.78, 5) is 43.9.